The molecular formula is C35H58O2Si. The van der Waals surface area contributed by atoms with Gasteiger partial charge in [0.15, 0.2) is 0 Å². The third kappa shape index (κ3) is 8.63. The molecule has 2 rings (SSSR count). The topological polar surface area (TPSA) is 18.5 Å². The molecule has 0 aromatic heterocycles. The average molecular weight is 539 g/mol. The first kappa shape index (κ1) is 32.5. The van der Waals surface area contributed by atoms with Crippen LogP contribution in [0, 0.1) is 26.7 Å². The molecule has 1 aromatic carbocycles. The molecule has 0 N–H and O–H groups in total. The lowest BCUT2D eigenvalue weighted by atomic mass is 9.87. The Morgan fingerprint density at radius 3 is 2.29 bits per heavy atom. The summed E-state index contributed by atoms with van der Waals surface area (Å²) >= 11 is 0. The van der Waals surface area contributed by atoms with Crippen LogP contribution < -0.4 is 9.16 Å². The summed E-state index contributed by atoms with van der Waals surface area (Å²) in [6, 6.07) is 0. The van der Waals surface area contributed by atoms with Crippen LogP contribution >= 0.6 is 0 Å². The van der Waals surface area contributed by atoms with Crippen LogP contribution in [-0.4, -0.2) is 13.9 Å². The Bertz CT molecular complexity index is 1050. The van der Waals surface area contributed by atoms with Crippen molar-refractivity contribution in [2.75, 3.05) is 0 Å². The van der Waals surface area contributed by atoms with Gasteiger partial charge in [0.1, 0.15) is 17.1 Å². The maximum absolute atomic E-state index is 6.85. The van der Waals surface area contributed by atoms with Crippen molar-refractivity contribution in [2.24, 2.45) is 5.92 Å². The molecule has 1 heterocycles. The lowest BCUT2D eigenvalue weighted by molar-refractivity contribution is 0.113. The smallest absolute Gasteiger partial charge is 0.250 e. The van der Waals surface area contributed by atoms with E-state index in [1.165, 1.54) is 52.7 Å². The molecule has 0 saturated carbocycles. The molecule has 3 heteroatoms. The fourth-order valence-electron chi connectivity index (χ4n) is 4.87. The van der Waals surface area contributed by atoms with Crippen LogP contribution in [0.25, 0.3) is 0 Å². The maximum Gasteiger partial charge on any atom is 0.250 e. The van der Waals surface area contributed by atoms with E-state index in [9.17, 15) is 0 Å². The number of allylic oxidation sites excluding steroid dienone is 5. The highest BCUT2D eigenvalue weighted by atomic mass is 28.4. The lowest BCUT2D eigenvalue weighted by Gasteiger charge is -2.40. The van der Waals surface area contributed by atoms with Crippen LogP contribution in [-0.2, 0) is 6.42 Å². The van der Waals surface area contributed by atoms with Gasteiger partial charge in [-0.1, -0.05) is 70.4 Å². The molecule has 0 saturated heterocycles. The van der Waals surface area contributed by atoms with Gasteiger partial charge in [0.25, 0.3) is 8.32 Å². The number of benzene rings is 1. The molecule has 0 fully saturated rings. The Kier molecular flexibility index (Phi) is 11.2. The van der Waals surface area contributed by atoms with E-state index in [1.54, 1.807) is 0 Å². The van der Waals surface area contributed by atoms with E-state index in [0.29, 0.717) is 0 Å². The zero-order valence-electron chi connectivity index (χ0n) is 27.2. The van der Waals surface area contributed by atoms with Crippen molar-refractivity contribution in [3.8, 4) is 11.5 Å². The van der Waals surface area contributed by atoms with E-state index in [2.05, 4.69) is 114 Å². The van der Waals surface area contributed by atoms with Crippen LogP contribution in [0.1, 0.15) is 116 Å². The predicted octanol–water partition coefficient (Wildman–Crippen LogP) is 11.1. The van der Waals surface area contributed by atoms with Gasteiger partial charge < -0.3 is 9.16 Å². The van der Waals surface area contributed by atoms with Crippen molar-refractivity contribution in [3.63, 3.8) is 0 Å². The van der Waals surface area contributed by atoms with Gasteiger partial charge in [0.05, 0.1) is 0 Å². The molecule has 2 nitrogen and oxygen atoms in total. The third-order valence-corrected chi connectivity index (χ3v) is 13.2. The normalized spacial score (nSPS) is 19.2. The van der Waals surface area contributed by atoms with Crippen LogP contribution in [0.15, 0.2) is 35.5 Å². The standard InChI is InChI=1S/C35H58O2Si/c1-25(2)17-14-18-26(3)19-15-20-27(4)21-16-23-35(11)24-22-31-30(7)32(28(5)29(6)33(31)36-35)37-38(12,13)34(8,9)10/h16,19,21,23,25H,14-15,17-18,20,22,24H2,1-13H3/b23-16?,26-19+,27-21?/t35-/m0/s1. The zero-order valence-corrected chi connectivity index (χ0v) is 28.2. The van der Waals surface area contributed by atoms with Gasteiger partial charge in [-0.2, -0.15) is 0 Å². The van der Waals surface area contributed by atoms with E-state index in [0.717, 1.165) is 43.1 Å². The maximum atomic E-state index is 6.85. The first-order valence-corrected chi connectivity index (χ1v) is 17.9. The fourth-order valence-corrected chi connectivity index (χ4v) is 5.99. The lowest BCUT2D eigenvalue weighted by Crippen LogP contribution is -2.44. The summed E-state index contributed by atoms with van der Waals surface area (Å²) in [5, 5.41) is 0.170. The summed E-state index contributed by atoms with van der Waals surface area (Å²) in [6.45, 7) is 29.6. The van der Waals surface area contributed by atoms with Crippen LogP contribution in [0.2, 0.25) is 18.1 Å². The quantitative estimate of drug-likeness (QED) is 0.158. The van der Waals surface area contributed by atoms with Crippen molar-refractivity contribution in [1.29, 1.82) is 0 Å². The largest absolute Gasteiger partial charge is 0.543 e. The van der Waals surface area contributed by atoms with E-state index in [-0.39, 0.29) is 10.6 Å². The summed E-state index contributed by atoms with van der Waals surface area (Å²) in [5.41, 5.74) is 7.71. The minimum atomic E-state index is -1.92. The Balaban J connectivity index is 2.10. The highest BCUT2D eigenvalue weighted by Gasteiger charge is 2.40. The molecule has 1 atom stereocenters. The summed E-state index contributed by atoms with van der Waals surface area (Å²) in [6.07, 6.45) is 17.3. The Morgan fingerprint density at radius 2 is 1.68 bits per heavy atom. The summed E-state index contributed by atoms with van der Waals surface area (Å²) < 4.78 is 13.6. The predicted molar refractivity (Wildman–Crippen MR) is 170 cm³/mol. The first-order chi connectivity index (χ1) is 17.5. The van der Waals surface area contributed by atoms with Crippen molar-refractivity contribution in [2.45, 2.75) is 145 Å². The van der Waals surface area contributed by atoms with Gasteiger partial charge in [-0.3, -0.25) is 0 Å². The van der Waals surface area contributed by atoms with Gasteiger partial charge in [-0.15, -0.1) is 0 Å². The molecule has 0 bridgehead atoms. The van der Waals surface area contributed by atoms with Gasteiger partial charge in [-0.05, 0) is 127 Å². The number of rotatable bonds is 11. The molecule has 0 amide bonds. The first-order valence-electron chi connectivity index (χ1n) is 15.0. The van der Waals surface area contributed by atoms with E-state index in [4.69, 9.17) is 9.16 Å². The monoisotopic (exact) mass is 538 g/mol. The Morgan fingerprint density at radius 1 is 1.03 bits per heavy atom. The second-order valence-electron chi connectivity index (χ2n) is 14.0. The SMILES string of the molecule is CC(=CC=C[C@@]1(C)CCc2c(C)c(O[Si](C)(C)C(C)(C)C)c(C)c(C)c2O1)CC/C=C(\C)CCCC(C)C. The van der Waals surface area contributed by atoms with Crippen LogP contribution in [0.5, 0.6) is 11.5 Å². The van der Waals surface area contributed by atoms with Crippen LogP contribution in [0.4, 0.5) is 0 Å². The molecule has 1 aliphatic heterocycles. The number of fused-ring (bicyclic) bond motifs is 1. The molecule has 1 aromatic rings. The number of ether oxygens (including phenoxy) is 1. The minimum Gasteiger partial charge on any atom is -0.543 e. The van der Waals surface area contributed by atoms with Gasteiger partial charge in [0, 0.05) is 5.56 Å². The number of hydrogen-bond acceptors (Lipinski definition) is 2. The highest BCUT2D eigenvalue weighted by Crippen LogP contribution is 2.46. The zero-order chi connectivity index (χ0) is 28.9. The van der Waals surface area contributed by atoms with Crippen molar-refractivity contribution >= 4 is 8.32 Å². The molecule has 214 valence electrons. The Hall–Kier alpha value is -1.74. The van der Waals surface area contributed by atoms with Gasteiger partial charge in [-0.25, -0.2) is 0 Å². The van der Waals surface area contributed by atoms with Crippen molar-refractivity contribution in [1.82, 2.24) is 0 Å². The van der Waals surface area contributed by atoms with Gasteiger partial charge >= 0.3 is 0 Å². The van der Waals surface area contributed by atoms with Crippen molar-refractivity contribution < 1.29 is 9.16 Å². The van der Waals surface area contributed by atoms with Crippen LogP contribution in [0.3, 0.4) is 0 Å². The molecule has 0 radical (unpaired) electrons. The highest BCUT2D eigenvalue weighted by molar-refractivity contribution is 6.74. The molecular weight excluding hydrogens is 480 g/mol. The second kappa shape index (κ2) is 13.1. The molecule has 38 heavy (non-hydrogen) atoms. The van der Waals surface area contributed by atoms with Gasteiger partial charge in [0.2, 0.25) is 0 Å². The van der Waals surface area contributed by atoms with E-state index in [1.807, 2.05) is 0 Å². The second-order valence-corrected chi connectivity index (χ2v) is 18.8. The fraction of sp³-hybridized carbons (Fsp3) is 0.657. The molecule has 1 aliphatic rings. The average Bonchev–Trinajstić information content (AvgIpc) is 2.79. The molecule has 0 spiro atoms. The van der Waals surface area contributed by atoms with E-state index < -0.39 is 8.32 Å². The summed E-state index contributed by atoms with van der Waals surface area (Å²) in [4.78, 5) is 0. The minimum absolute atomic E-state index is 0.170. The number of hydrogen-bond donors (Lipinski definition) is 0. The van der Waals surface area contributed by atoms with E-state index >= 15 is 0 Å². The molecule has 0 aliphatic carbocycles. The third-order valence-electron chi connectivity index (χ3n) is 8.89. The summed E-state index contributed by atoms with van der Waals surface area (Å²) in [5.74, 6) is 2.97. The van der Waals surface area contributed by atoms with Crippen molar-refractivity contribution in [3.05, 3.63) is 57.7 Å². The summed E-state index contributed by atoms with van der Waals surface area (Å²) in [7, 11) is -1.92. The molecule has 0 unspecified atom stereocenters. The Labute approximate surface area is 237 Å².